The van der Waals surface area contributed by atoms with Gasteiger partial charge in [-0.05, 0) is 68.5 Å². The first-order valence-corrected chi connectivity index (χ1v) is 12.4. The van der Waals surface area contributed by atoms with Crippen LogP contribution in [0.5, 0.6) is 0 Å². The van der Waals surface area contributed by atoms with Crippen molar-refractivity contribution in [3.05, 3.63) is 65.5 Å². The lowest BCUT2D eigenvalue weighted by molar-refractivity contribution is -0.0704. The maximum atomic E-state index is 13.3. The van der Waals surface area contributed by atoms with E-state index in [0.717, 1.165) is 39.0 Å². The molecule has 35 heavy (non-hydrogen) atoms. The monoisotopic (exact) mass is 482 g/mol. The zero-order chi connectivity index (χ0) is 24.8. The molecule has 188 valence electrons. The topological polar surface area (TPSA) is 73.9 Å². The van der Waals surface area contributed by atoms with Gasteiger partial charge in [-0.3, -0.25) is 9.69 Å². The van der Waals surface area contributed by atoms with Gasteiger partial charge >= 0.3 is 6.03 Å². The molecule has 2 aliphatic rings. The lowest BCUT2D eigenvalue weighted by Crippen LogP contribution is -2.45. The number of nitrogens with one attached hydrogen (secondary N) is 2. The van der Waals surface area contributed by atoms with Crippen molar-refractivity contribution >= 4 is 17.6 Å². The van der Waals surface area contributed by atoms with E-state index in [1.807, 2.05) is 29.2 Å². The van der Waals surface area contributed by atoms with Crippen molar-refractivity contribution in [1.82, 2.24) is 15.1 Å². The number of benzene rings is 2. The second kappa shape index (κ2) is 11.6. The fourth-order valence-electron chi connectivity index (χ4n) is 5.00. The summed E-state index contributed by atoms with van der Waals surface area (Å²) in [6.45, 7) is 8.65. The van der Waals surface area contributed by atoms with Gasteiger partial charge in [0.05, 0.1) is 12.2 Å². The smallest absolute Gasteiger partial charge is 0.319 e. The molecular weight excluding hydrogens is 447 g/mol. The number of rotatable bonds is 6. The molecule has 0 saturated carbocycles. The normalized spacial score (nSPS) is 23.1. The number of nitrogens with zero attached hydrogens (tertiary/aromatic N) is 2. The molecule has 2 aromatic carbocycles. The van der Waals surface area contributed by atoms with Crippen LogP contribution in [0, 0.1) is 11.7 Å². The fraction of sp³-hybridized carbons (Fsp3) is 0.481. The van der Waals surface area contributed by atoms with Crippen molar-refractivity contribution in [2.75, 3.05) is 38.0 Å². The standard InChI is InChI=1S/C27H35FN4O3/c1-19-15-31(16-20(2)35-19)17-21-8-10-23(11-9-21)26(33)32-12-4-5-22(18-32)14-29-27(34)30-25-7-3-6-24(28)13-25/h3,6-11,13,19-20,22H,4-5,12,14-18H2,1-2H3,(H2,29,30,34). The highest BCUT2D eigenvalue weighted by Crippen LogP contribution is 2.20. The molecule has 3 unspecified atom stereocenters. The number of morpholine rings is 1. The largest absolute Gasteiger partial charge is 0.373 e. The Bertz CT molecular complexity index is 1010. The highest BCUT2D eigenvalue weighted by Gasteiger charge is 2.25. The van der Waals surface area contributed by atoms with Gasteiger partial charge < -0.3 is 20.3 Å². The Morgan fingerprint density at radius 3 is 2.51 bits per heavy atom. The average Bonchev–Trinajstić information content (AvgIpc) is 2.82. The van der Waals surface area contributed by atoms with Crippen LogP contribution < -0.4 is 10.6 Å². The van der Waals surface area contributed by atoms with Crippen molar-refractivity contribution in [1.29, 1.82) is 0 Å². The summed E-state index contributed by atoms with van der Waals surface area (Å²) in [6, 6.07) is 13.3. The van der Waals surface area contributed by atoms with Crippen molar-refractivity contribution in [3.63, 3.8) is 0 Å². The van der Waals surface area contributed by atoms with E-state index in [9.17, 15) is 14.0 Å². The Hall–Kier alpha value is -2.97. The molecule has 2 saturated heterocycles. The quantitative estimate of drug-likeness (QED) is 0.650. The maximum absolute atomic E-state index is 13.3. The zero-order valence-corrected chi connectivity index (χ0v) is 20.5. The van der Waals surface area contributed by atoms with Gasteiger partial charge in [-0.2, -0.15) is 0 Å². The maximum Gasteiger partial charge on any atom is 0.319 e. The number of anilines is 1. The van der Waals surface area contributed by atoms with Crippen LogP contribution in [0.2, 0.25) is 0 Å². The number of halogens is 1. The van der Waals surface area contributed by atoms with E-state index in [1.54, 1.807) is 12.1 Å². The molecule has 2 aromatic rings. The molecule has 3 atom stereocenters. The predicted octanol–water partition coefficient (Wildman–Crippen LogP) is 4.11. The third kappa shape index (κ3) is 7.26. The van der Waals surface area contributed by atoms with E-state index in [2.05, 4.69) is 29.4 Å². The summed E-state index contributed by atoms with van der Waals surface area (Å²) in [7, 11) is 0. The van der Waals surface area contributed by atoms with Gasteiger partial charge in [-0.25, -0.2) is 9.18 Å². The van der Waals surface area contributed by atoms with E-state index < -0.39 is 5.82 Å². The van der Waals surface area contributed by atoms with Crippen LogP contribution in [0.15, 0.2) is 48.5 Å². The van der Waals surface area contributed by atoms with Crippen molar-refractivity contribution in [2.45, 2.75) is 45.4 Å². The van der Waals surface area contributed by atoms with E-state index >= 15 is 0 Å². The summed E-state index contributed by atoms with van der Waals surface area (Å²) in [5.41, 5.74) is 2.28. The van der Waals surface area contributed by atoms with Crippen LogP contribution >= 0.6 is 0 Å². The second-order valence-corrected chi connectivity index (χ2v) is 9.75. The molecule has 0 radical (unpaired) electrons. The summed E-state index contributed by atoms with van der Waals surface area (Å²) in [5, 5.41) is 5.49. The van der Waals surface area contributed by atoms with E-state index in [-0.39, 0.29) is 30.1 Å². The molecule has 0 aromatic heterocycles. The Morgan fingerprint density at radius 2 is 1.80 bits per heavy atom. The van der Waals surface area contributed by atoms with Crippen LogP contribution in [-0.4, -0.2) is 66.7 Å². The number of urea groups is 1. The number of hydrogen-bond donors (Lipinski definition) is 2. The SMILES string of the molecule is CC1CN(Cc2ccc(C(=O)N3CCCC(CNC(=O)Nc4cccc(F)c4)C3)cc2)CC(C)O1. The summed E-state index contributed by atoms with van der Waals surface area (Å²) in [5.74, 6) is -0.197. The lowest BCUT2D eigenvalue weighted by atomic mass is 9.97. The van der Waals surface area contributed by atoms with E-state index in [0.29, 0.717) is 24.3 Å². The van der Waals surface area contributed by atoms with Gasteiger partial charge in [-0.1, -0.05) is 18.2 Å². The van der Waals surface area contributed by atoms with Crippen LogP contribution in [0.4, 0.5) is 14.9 Å². The lowest BCUT2D eigenvalue weighted by Gasteiger charge is -2.35. The molecule has 4 rings (SSSR count). The van der Waals surface area contributed by atoms with Gasteiger partial charge in [0, 0.05) is 50.5 Å². The number of carbonyl (C=O) groups excluding carboxylic acids is 2. The van der Waals surface area contributed by atoms with Gasteiger partial charge in [0.1, 0.15) is 5.82 Å². The molecule has 2 heterocycles. The van der Waals surface area contributed by atoms with E-state index in [1.165, 1.54) is 17.7 Å². The molecule has 2 aliphatic heterocycles. The molecule has 8 heteroatoms. The number of hydrogen-bond acceptors (Lipinski definition) is 4. The van der Waals surface area contributed by atoms with Crippen LogP contribution in [-0.2, 0) is 11.3 Å². The average molecular weight is 483 g/mol. The molecule has 2 fully saturated rings. The predicted molar refractivity (Wildman–Crippen MR) is 134 cm³/mol. The summed E-state index contributed by atoms with van der Waals surface area (Å²) >= 11 is 0. The van der Waals surface area contributed by atoms with Crippen molar-refractivity contribution < 1.29 is 18.7 Å². The van der Waals surface area contributed by atoms with Gasteiger partial charge in [0.15, 0.2) is 0 Å². The van der Waals surface area contributed by atoms with Crippen molar-refractivity contribution in [3.8, 4) is 0 Å². The third-order valence-electron chi connectivity index (χ3n) is 6.54. The number of ether oxygens (including phenoxy) is 1. The van der Waals surface area contributed by atoms with Crippen LogP contribution in [0.25, 0.3) is 0 Å². The van der Waals surface area contributed by atoms with Crippen molar-refractivity contribution in [2.24, 2.45) is 5.92 Å². The van der Waals surface area contributed by atoms with Gasteiger partial charge in [0.2, 0.25) is 0 Å². The molecule has 0 bridgehead atoms. The summed E-state index contributed by atoms with van der Waals surface area (Å²) < 4.78 is 19.1. The summed E-state index contributed by atoms with van der Waals surface area (Å²) in [4.78, 5) is 29.6. The van der Waals surface area contributed by atoms with Gasteiger partial charge in [-0.15, -0.1) is 0 Å². The first-order valence-electron chi connectivity index (χ1n) is 12.4. The highest BCUT2D eigenvalue weighted by atomic mass is 19.1. The fourth-order valence-corrected chi connectivity index (χ4v) is 5.00. The third-order valence-corrected chi connectivity index (χ3v) is 6.54. The molecule has 0 aliphatic carbocycles. The number of likely N-dealkylation sites (tertiary alicyclic amines) is 1. The molecule has 0 spiro atoms. The Labute approximate surface area is 206 Å². The minimum Gasteiger partial charge on any atom is -0.373 e. The number of piperidine rings is 1. The minimum absolute atomic E-state index is 0.0269. The first kappa shape index (κ1) is 25.1. The molecule has 7 nitrogen and oxygen atoms in total. The molecular formula is C27H35FN4O3. The minimum atomic E-state index is -0.400. The molecule has 3 amide bonds. The van der Waals surface area contributed by atoms with E-state index in [4.69, 9.17) is 4.74 Å². The highest BCUT2D eigenvalue weighted by molar-refractivity contribution is 5.94. The number of amides is 3. The Morgan fingerprint density at radius 1 is 1.06 bits per heavy atom. The summed E-state index contributed by atoms with van der Waals surface area (Å²) in [6.07, 6.45) is 2.30. The molecule has 2 N–H and O–H groups in total. The Balaban J connectivity index is 1.25. The second-order valence-electron chi connectivity index (χ2n) is 9.75. The zero-order valence-electron chi connectivity index (χ0n) is 20.5. The van der Waals surface area contributed by atoms with Crippen LogP contribution in [0.1, 0.15) is 42.6 Å². The van der Waals surface area contributed by atoms with Gasteiger partial charge in [0.25, 0.3) is 5.91 Å². The number of carbonyl (C=O) groups is 2. The van der Waals surface area contributed by atoms with Crippen LogP contribution in [0.3, 0.4) is 0 Å². The Kier molecular flexibility index (Phi) is 8.36. The first-order chi connectivity index (χ1) is 16.9.